The van der Waals surface area contributed by atoms with Crippen molar-refractivity contribution in [3.63, 3.8) is 0 Å². The van der Waals surface area contributed by atoms with Gasteiger partial charge in [0.2, 0.25) is 0 Å². The van der Waals surface area contributed by atoms with Crippen molar-refractivity contribution in [2.45, 2.75) is 13.3 Å². The lowest BCUT2D eigenvalue weighted by molar-refractivity contribution is 0.279. The molecule has 0 amide bonds. The molecule has 9 heavy (non-hydrogen) atoms. The quantitative estimate of drug-likeness (QED) is 0.616. The van der Waals surface area contributed by atoms with Crippen molar-refractivity contribution in [3.05, 3.63) is 12.3 Å². The van der Waals surface area contributed by atoms with Crippen LogP contribution in [-0.4, -0.2) is 11.8 Å². The first-order chi connectivity index (χ1) is 4.43. The van der Waals surface area contributed by atoms with Crippen LogP contribution in [0.2, 0.25) is 0 Å². The first-order valence-corrected chi connectivity index (χ1v) is 2.96. The predicted molar refractivity (Wildman–Crippen MR) is 32.3 cm³/mol. The highest BCUT2D eigenvalue weighted by Crippen LogP contribution is 2.03. The van der Waals surface area contributed by atoms with Crippen LogP contribution in [0.3, 0.4) is 0 Å². The number of nitrogens with zero attached hydrogens (tertiary/aromatic N) is 1. The van der Waals surface area contributed by atoms with E-state index in [1.807, 2.05) is 6.92 Å². The normalized spacial score (nSPS) is 9.44. The molecule has 0 aliphatic rings. The Balaban J connectivity index is 2.30. The lowest BCUT2D eigenvalue weighted by atomic mass is 10.5. The molecule has 3 nitrogen and oxygen atoms in total. The standard InChI is InChI=1S/C6H9NO2/c1-2-4-8-6-3-5-9-7-6/h3,5H,2,4H2,1H3. The van der Waals surface area contributed by atoms with Gasteiger partial charge in [0.1, 0.15) is 6.26 Å². The maximum Gasteiger partial charge on any atom is 0.253 e. The van der Waals surface area contributed by atoms with E-state index in [9.17, 15) is 0 Å². The summed E-state index contributed by atoms with van der Waals surface area (Å²) >= 11 is 0. The largest absolute Gasteiger partial charge is 0.476 e. The van der Waals surface area contributed by atoms with E-state index < -0.39 is 0 Å². The molecule has 1 heterocycles. The average molecular weight is 127 g/mol. The molecule has 0 atom stereocenters. The Morgan fingerprint density at radius 3 is 3.22 bits per heavy atom. The molecule has 0 aliphatic carbocycles. The van der Waals surface area contributed by atoms with E-state index in [0.29, 0.717) is 12.5 Å². The zero-order valence-corrected chi connectivity index (χ0v) is 5.33. The van der Waals surface area contributed by atoms with Gasteiger partial charge < -0.3 is 9.26 Å². The Labute approximate surface area is 53.6 Å². The summed E-state index contributed by atoms with van der Waals surface area (Å²) < 4.78 is 9.63. The molecule has 0 spiro atoms. The van der Waals surface area contributed by atoms with Crippen LogP contribution in [0.5, 0.6) is 5.88 Å². The molecule has 0 saturated heterocycles. The Hall–Kier alpha value is -0.990. The number of aromatic nitrogens is 1. The van der Waals surface area contributed by atoms with Crippen molar-refractivity contribution < 1.29 is 9.26 Å². The molecular formula is C6H9NO2. The third-order valence-corrected chi connectivity index (χ3v) is 0.868. The fourth-order valence-corrected chi connectivity index (χ4v) is 0.483. The molecule has 1 aromatic heterocycles. The van der Waals surface area contributed by atoms with Crippen molar-refractivity contribution in [1.82, 2.24) is 5.16 Å². The van der Waals surface area contributed by atoms with Crippen molar-refractivity contribution in [2.75, 3.05) is 6.61 Å². The smallest absolute Gasteiger partial charge is 0.253 e. The molecule has 3 heteroatoms. The zero-order chi connectivity index (χ0) is 6.53. The van der Waals surface area contributed by atoms with Gasteiger partial charge in [-0.1, -0.05) is 6.92 Å². The van der Waals surface area contributed by atoms with Crippen LogP contribution in [-0.2, 0) is 0 Å². The number of hydrogen-bond donors (Lipinski definition) is 0. The van der Waals surface area contributed by atoms with Crippen LogP contribution in [0, 0.1) is 0 Å². The van der Waals surface area contributed by atoms with E-state index in [1.54, 1.807) is 6.07 Å². The highest BCUT2D eigenvalue weighted by Gasteiger charge is 1.92. The summed E-state index contributed by atoms with van der Waals surface area (Å²) in [7, 11) is 0. The Bertz CT molecular complexity index is 148. The topological polar surface area (TPSA) is 35.3 Å². The van der Waals surface area contributed by atoms with Gasteiger partial charge >= 0.3 is 0 Å². The molecule has 0 bridgehead atoms. The summed E-state index contributed by atoms with van der Waals surface area (Å²) in [4.78, 5) is 0. The fourth-order valence-electron chi connectivity index (χ4n) is 0.483. The van der Waals surface area contributed by atoms with Gasteiger partial charge in [0.25, 0.3) is 5.88 Å². The minimum absolute atomic E-state index is 0.567. The molecule has 0 fully saturated rings. The first-order valence-electron chi connectivity index (χ1n) is 2.96. The number of rotatable bonds is 3. The van der Waals surface area contributed by atoms with Gasteiger partial charge in [0, 0.05) is 6.07 Å². The summed E-state index contributed by atoms with van der Waals surface area (Å²) in [5, 5.41) is 3.56. The van der Waals surface area contributed by atoms with Crippen molar-refractivity contribution >= 4 is 0 Å². The van der Waals surface area contributed by atoms with E-state index in [1.165, 1.54) is 6.26 Å². The van der Waals surface area contributed by atoms with E-state index >= 15 is 0 Å². The van der Waals surface area contributed by atoms with E-state index in [4.69, 9.17) is 4.74 Å². The minimum atomic E-state index is 0.567. The maximum atomic E-state index is 5.09. The predicted octanol–water partition coefficient (Wildman–Crippen LogP) is 1.46. The molecule has 0 aromatic carbocycles. The van der Waals surface area contributed by atoms with Gasteiger partial charge in [-0.15, -0.1) is 0 Å². The number of hydrogen-bond acceptors (Lipinski definition) is 3. The van der Waals surface area contributed by atoms with Crippen molar-refractivity contribution in [3.8, 4) is 5.88 Å². The van der Waals surface area contributed by atoms with Crippen molar-refractivity contribution in [2.24, 2.45) is 0 Å². The molecule has 0 aliphatic heterocycles. The Morgan fingerprint density at radius 1 is 1.78 bits per heavy atom. The highest BCUT2D eigenvalue weighted by molar-refractivity contribution is 5.01. The molecular weight excluding hydrogens is 118 g/mol. The lowest BCUT2D eigenvalue weighted by Crippen LogP contribution is -1.93. The highest BCUT2D eigenvalue weighted by atomic mass is 16.5. The third-order valence-electron chi connectivity index (χ3n) is 0.868. The van der Waals surface area contributed by atoms with Crippen LogP contribution in [0.15, 0.2) is 16.9 Å². The molecule has 0 saturated carbocycles. The van der Waals surface area contributed by atoms with Crippen LogP contribution in [0.1, 0.15) is 13.3 Å². The van der Waals surface area contributed by atoms with Crippen LogP contribution in [0.25, 0.3) is 0 Å². The monoisotopic (exact) mass is 127 g/mol. The van der Waals surface area contributed by atoms with Crippen LogP contribution in [0.4, 0.5) is 0 Å². The summed E-state index contributed by atoms with van der Waals surface area (Å²) in [6, 6.07) is 1.69. The molecule has 0 radical (unpaired) electrons. The summed E-state index contributed by atoms with van der Waals surface area (Å²) in [5.74, 6) is 0.567. The zero-order valence-electron chi connectivity index (χ0n) is 5.33. The fraction of sp³-hybridized carbons (Fsp3) is 0.500. The molecule has 0 N–H and O–H groups in total. The summed E-state index contributed by atoms with van der Waals surface area (Å²) in [5.41, 5.74) is 0. The van der Waals surface area contributed by atoms with E-state index in [2.05, 4.69) is 9.68 Å². The Morgan fingerprint density at radius 2 is 2.67 bits per heavy atom. The number of ether oxygens (including phenoxy) is 1. The molecule has 0 unspecified atom stereocenters. The second-order valence-electron chi connectivity index (χ2n) is 1.69. The van der Waals surface area contributed by atoms with Gasteiger partial charge in [-0.3, -0.25) is 0 Å². The Kier molecular flexibility index (Phi) is 2.13. The first kappa shape index (κ1) is 6.13. The minimum Gasteiger partial charge on any atom is -0.476 e. The average Bonchev–Trinajstić information content (AvgIpc) is 2.34. The SMILES string of the molecule is CCCOc1ccon1. The molecule has 1 aromatic rings. The second kappa shape index (κ2) is 3.12. The van der Waals surface area contributed by atoms with Gasteiger partial charge in [-0.25, -0.2) is 0 Å². The van der Waals surface area contributed by atoms with E-state index in [0.717, 1.165) is 6.42 Å². The van der Waals surface area contributed by atoms with Gasteiger partial charge in [-0.2, -0.15) is 0 Å². The van der Waals surface area contributed by atoms with Crippen molar-refractivity contribution in [1.29, 1.82) is 0 Å². The van der Waals surface area contributed by atoms with Crippen LogP contribution >= 0.6 is 0 Å². The lowest BCUT2D eigenvalue weighted by Gasteiger charge is -1.94. The van der Waals surface area contributed by atoms with E-state index in [-0.39, 0.29) is 0 Å². The van der Waals surface area contributed by atoms with Crippen LogP contribution < -0.4 is 4.74 Å². The third kappa shape index (κ3) is 1.76. The van der Waals surface area contributed by atoms with Gasteiger partial charge in [0.05, 0.1) is 6.61 Å². The molecule has 50 valence electrons. The summed E-state index contributed by atoms with van der Waals surface area (Å²) in [6.07, 6.45) is 2.48. The second-order valence-corrected chi connectivity index (χ2v) is 1.69. The molecule has 1 rings (SSSR count). The van der Waals surface area contributed by atoms with Gasteiger partial charge in [-0.05, 0) is 11.6 Å². The summed E-state index contributed by atoms with van der Waals surface area (Å²) in [6.45, 7) is 2.74. The van der Waals surface area contributed by atoms with Gasteiger partial charge in [0.15, 0.2) is 0 Å². The maximum absolute atomic E-state index is 5.09.